The highest BCUT2D eigenvalue weighted by Crippen LogP contribution is 2.27. The molecule has 0 saturated heterocycles. The second-order valence-corrected chi connectivity index (χ2v) is 6.46. The first-order chi connectivity index (χ1) is 10.1. The fourth-order valence-electron chi connectivity index (χ4n) is 2.64. The van der Waals surface area contributed by atoms with Crippen LogP contribution in [0.4, 0.5) is 0 Å². The Bertz CT molecular complexity index is 572. The Morgan fingerprint density at radius 1 is 1.05 bits per heavy atom. The molecule has 0 aromatic heterocycles. The van der Waals surface area contributed by atoms with Crippen molar-refractivity contribution in [3.05, 3.63) is 69.2 Å². The summed E-state index contributed by atoms with van der Waals surface area (Å²) in [7, 11) is 0. The van der Waals surface area contributed by atoms with Crippen LogP contribution in [-0.2, 0) is 6.42 Å². The number of hydrogen-bond donors (Lipinski definition) is 1. The molecule has 0 aliphatic rings. The number of aryl methyl sites for hydroxylation is 2. The molecule has 0 aliphatic carbocycles. The Kier molecular flexibility index (Phi) is 6.01. The van der Waals surface area contributed by atoms with Gasteiger partial charge in [0.15, 0.2) is 0 Å². The van der Waals surface area contributed by atoms with Crippen molar-refractivity contribution in [3.63, 3.8) is 0 Å². The molecule has 2 aromatic carbocycles. The molecule has 0 amide bonds. The van der Waals surface area contributed by atoms with Crippen molar-refractivity contribution in [1.82, 2.24) is 5.32 Å². The molecule has 1 atom stereocenters. The predicted octanol–water partition coefficient (Wildman–Crippen LogP) is 5.41. The van der Waals surface area contributed by atoms with Crippen molar-refractivity contribution < 1.29 is 0 Å². The first-order valence-electron chi connectivity index (χ1n) is 7.73. The summed E-state index contributed by atoms with van der Waals surface area (Å²) >= 11 is 3.62. The van der Waals surface area contributed by atoms with E-state index < -0.39 is 0 Å². The molecule has 1 unspecified atom stereocenters. The Morgan fingerprint density at radius 2 is 1.86 bits per heavy atom. The second kappa shape index (κ2) is 7.77. The van der Waals surface area contributed by atoms with E-state index in [1.807, 2.05) is 0 Å². The molecule has 0 aliphatic heterocycles. The summed E-state index contributed by atoms with van der Waals surface area (Å²) in [5.41, 5.74) is 5.35. The van der Waals surface area contributed by atoms with Crippen LogP contribution < -0.4 is 5.32 Å². The van der Waals surface area contributed by atoms with Gasteiger partial charge in [0, 0.05) is 4.47 Å². The van der Waals surface area contributed by atoms with E-state index in [9.17, 15) is 0 Å². The molecule has 0 bridgehead atoms. The van der Waals surface area contributed by atoms with Crippen LogP contribution in [0.5, 0.6) is 0 Å². The molecule has 0 heterocycles. The lowest BCUT2D eigenvalue weighted by Gasteiger charge is -2.21. The smallest absolute Gasteiger partial charge is 0.0577 e. The van der Waals surface area contributed by atoms with Crippen molar-refractivity contribution in [3.8, 4) is 0 Å². The van der Waals surface area contributed by atoms with E-state index in [0.717, 1.165) is 23.9 Å². The maximum atomic E-state index is 3.69. The summed E-state index contributed by atoms with van der Waals surface area (Å²) < 4.78 is 1.15. The molecule has 1 N–H and O–H groups in total. The molecular formula is C19H24BrN. The fourth-order valence-corrected chi connectivity index (χ4v) is 3.27. The van der Waals surface area contributed by atoms with Gasteiger partial charge in [0.25, 0.3) is 0 Å². The van der Waals surface area contributed by atoms with E-state index in [1.54, 1.807) is 0 Å². The lowest BCUT2D eigenvalue weighted by atomic mass is 9.95. The highest BCUT2D eigenvalue weighted by atomic mass is 79.9. The molecule has 0 fully saturated rings. The van der Waals surface area contributed by atoms with Crippen molar-refractivity contribution in [2.75, 3.05) is 6.54 Å². The van der Waals surface area contributed by atoms with Gasteiger partial charge in [0.2, 0.25) is 0 Å². The molecule has 2 heteroatoms. The summed E-state index contributed by atoms with van der Waals surface area (Å²) in [5.74, 6) is 0. The van der Waals surface area contributed by atoms with Crippen LogP contribution in [0.25, 0.3) is 0 Å². The minimum atomic E-state index is 0.257. The standard InChI is InChI=1S/C19H24BrN/c1-4-9-21-19(16-8-6-7-15(5-2)12-16)17-10-14(3)11-18(20)13-17/h6-8,10-13,19,21H,4-5,9H2,1-3H3. The molecule has 0 radical (unpaired) electrons. The third kappa shape index (κ3) is 4.42. The van der Waals surface area contributed by atoms with Crippen LogP contribution in [0.2, 0.25) is 0 Å². The lowest BCUT2D eigenvalue weighted by Crippen LogP contribution is -2.23. The van der Waals surface area contributed by atoms with Crippen LogP contribution in [0.3, 0.4) is 0 Å². The highest BCUT2D eigenvalue weighted by Gasteiger charge is 2.14. The van der Waals surface area contributed by atoms with Crippen LogP contribution in [0, 0.1) is 6.92 Å². The molecule has 0 saturated carbocycles. The van der Waals surface area contributed by atoms with Crippen molar-refractivity contribution in [1.29, 1.82) is 0 Å². The summed E-state index contributed by atoms with van der Waals surface area (Å²) in [6, 6.07) is 15.8. The van der Waals surface area contributed by atoms with Gasteiger partial charge in [-0.2, -0.15) is 0 Å². The van der Waals surface area contributed by atoms with Gasteiger partial charge < -0.3 is 5.32 Å². The Hall–Kier alpha value is -1.12. The van der Waals surface area contributed by atoms with E-state index in [2.05, 4.69) is 84.5 Å². The first kappa shape index (κ1) is 16.3. The average Bonchev–Trinajstić information content (AvgIpc) is 2.47. The zero-order valence-electron chi connectivity index (χ0n) is 13.1. The van der Waals surface area contributed by atoms with E-state index in [0.29, 0.717) is 0 Å². The van der Waals surface area contributed by atoms with Gasteiger partial charge in [-0.3, -0.25) is 0 Å². The minimum Gasteiger partial charge on any atom is -0.306 e. The van der Waals surface area contributed by atoms with E-state index in [-0.39, 0.29) is 6.04 Å². The average molecular weight is 346 g/mol. The summed E-state index contributed by atoms with van der Waals surface area (Å²) in [6.45, 7) is 7.58. The van der Waals surface area contributed by atoms with E-state index in [1.165, 1.54) is 22.3 Å². The summed E-state index contributed by atoms with van der Waals surface area (Å²) in [4.78, 5) is 0. The third-order valence-electron chi connectivity index (χ3n) is 3.69. The number of halogens is 1. The van der Waals surface area contributed by atoms with Crippen molar-refractivity contribution in [2.24, 2.45) is 0 Å². The first-order valence-corrected chi connectivity index (χ1v) is 8.52. The van der Waals surface area contributed by atoms with Gasteiger partial charge in [-0.1, -0.05) is 60.1 Å². The normalized spacial score (nSPS) is 12.4. The van der Waals surface area contributed by atoms with E-state index in [4.69, 9.17) is 0 Å². The molecule has 2 rings (SSSR count). The van der Waals surface area contributed by atoms with Crippen LogP contribution in [-0.4, -0.2) is 6.54 Å². The quantitative estimate of drug-likeness (QED) is 0.737. The van der Waals surface area contributed by atoms with Crippen molar-refractivity contribution in [2.45, 2.75) is 39.7 Å². The summed E-state index contributed by atoms with van der Waals surface area (Å²) in [6.07, 6.45) is 2.21. The van der Waals surface area contributed by atoms with Gasteiger partial charge in [-0.25, -0.2) is 0 Å². The lowest BCUT2D eigenvalue weighted by molar-refractivity contribution is 0.597. The monoisotopic (exact) mass is 345 g/mol. The Labute approximate surface area is 136 Å². The molecule has 21 heavy (non-hydrogen) atoms. The Morgan fingerprint density at radius 3 is 2.52 bits per heavy atom. The highest BCUT2D eigenvalue weighted by molar-refractivity contribution is 9.10. The number of nitrogens with one attached hydrogen (secondary N) is 1. The number of benzene rings is 2. The molecule has 112 valence electrons. The number of rotatable bonds is 6. The molecule has 2 aromatic rings. The fraction of sp³-hybridized carbons (Fsp3) is 0.368. The van der Waals surface area contributed by atoms with Crippen LogP contribution in [0.15, 0.2) is 46.9 Å². The molecule has 0 spiro atoms. The third-order valence-corrected chi connectivity index (χ3v) is 4.15. The molecular weight excluding hydrogens is 322 g/mol. The van der Waals surface area contributed by atoms with Gasteiger partial charge in [-0.15, -0.1) is 0 Å². The minimum absolute atomic E-state index is 0.257. The topological polar surface area (TPSA) is 12.0 Å². The van der Waals surface area contributed by atoms with Crippen LogP contribution >= 0.6 is 15.9 Å². The van der Waals surface area contributed by atoms with Gasteiger partial charge in [0.1, 0.15) is 0 Å². The van der Waals surface area contributed by atoms with E-state index >= 15 is 0 Å². The van der Waals surface area contributed by atoms with Gasteiger partial charge in [0.05, 0.1) is 6.04 Å². The molecule has 1 nitrogen and oxygen atoms in total. The second-order valence-electron chi connectivity index (χ2n) is 5.55. The maximum Gasteiger partial charge on any atom is 0.0577 e. The van der Waals surface area contributed by atoms with Gasteiger partial charge >= 0.3 is 0 Å². The predicted molar refractivity (Wildman–Crippen MR) is 94.8 cm³/mol. The number of hydrogen-bond acceptors (Lipinski definition) is 1. The largest absolute Gasteiger partial charge is 0.306 e. The Balaban J connectivity index is 2.41. The zero-order valence-corrected chi connectivity index (χ0v) is 14.7. The summed E-state index contributed by atoms with van der Waals surface area (Å²) in [5, 5.41) is 3.69. The van der Waals surface area contributed by atoms with Crippen LogP contribution in [0.1, 0.15) is 48.6 Å². The maximum absolute atomic E-state index is 3.69. The van der Waals surface area contributed by atoms with Gasteiger partial charge in [-0.05, 0) is 60.7 Å². The zero-order chi connectivity index (χ0) is 15.2. The van der Waals surface area contributed by atoms with Crippen molar-refractivity contribution >= 4 is 15.9 Å². The SMILES string of the molecule is CCCNC(c1cc(C)cc(Br)c1)c1cccc(CC)c1.